The Morgan fingerprint density at radius 1 is 1.17 bits per heavy atom. The summed E-state index contributed by atoms with van der Waals surface area (Å²) in [6, 6.07) is 3.82. The zero-order valence-electron chi connectivity index (χ0n) is 28.4. The van der Waals surface area contributed by atoms with Crippen molar-refractivity contribution >= 4 is 31.6 Å². The van der Waals surface area contributed by atoms with Crippen molar-refractivity contribution in [1.82, 2.24) is 23.9 Å². The summed E-state index contributed by atoms with van der Waals surface area (Å²) in [7, 11) is -4.89. The highest BCUT2D eigenvalue weighted by Gasteiger charge is 2.33. The fourth-order valence-electron chi connectivity index (χ4n) is 5.55. The highest BCUT2D eigenvalue weighted by atomic mass is 32.2. The average molecular weight is 711 g/mol. The van der Waals surface area contributed by atoms with E-state index in [0.717, 1.165) is 6.42 Å². The average Bonchev–Trinajstić information content (AvgIpc) is 3.63. The van der Waals surface area contributed by atoms with Crippen molar-refractivity contribution in [1.29, 1.82) is 0 Å². The van der Waals surface area contributed by atoms with E-state index >= 15 is 0 Å². The normalized spacial score (nSPS) is 21.0. The summed E-state index contributed by atoms with van der Waals surface area (Å²) in [5.74, 6) is -0.508. The number of nitrogens with zero attached hydrogens (tertiary/aromatic N) is 5. The van der Waals surface area contributed by atoms with Gasteiger partial charge >= 0.3 is 0 Å². The number of fused-ring (bicyclic) bond motifs is 1. The minimum atomic E-state index is -4.12. The number of nitrogens with one attached hydrogen (secondary N) is 1. The zero-order chi connectivity index (χ0) is 35.4. The van der Waals surface area contributed by atoms with Crippen LogP contribution < -0.4 is 9.46 Å². The van der Waals surface area contributed by atoms with Crippen molar-refractivity contribution in [3.05, 3.63) is 47.7 Å². The molecule has 3 aromatic rings. The molecule has 3 heterocycles. The second-order valence-electron chi connectivity index (χ2n) is 12.4. The SMILES string of the molecule is Cc1noc(C)c1S(=O)(=O)Nc1ccc2c(c1)C(=O)N([C@@H](C)CO)C[C@H](C)[C@@H](CN(C)S(=O)(=O)c1cn(C)cn1)OCCCC[C@H](C)O2. The molecule has 17 heteroatoms. The van der Waals surface area contributed by atoms with E-state index in [1.54, 1.807) is 24.6 Å². The Morgan fingerprint density at radius 2 is 1.90 bits per heavy atom. The number of hydrogen-bond acceptors (Lipinski definition) is 11. The molecule has 0 unspecified atom stereocenters. The van der Waals surface area contributed by atoms with Crippen LogP contribution in [0.15, 0.2) is 45.2 Å². The molecule has 15 nitrogen and oxygen atoms in total. The summed E-state index contributed by atoms with van der Waals surface area (Å²) >= 11 is 0. The molecule has 1 aliphatic heterocycles. The number of aryl methyl sites for hydroxylation is 3. The molecule has 1 amide bonds. The second kappa shape index (κ2) is 15.4. The lowest BCUT2D eigenvalue weighted by Gasteiger charge is -2.35. The molecule has 0 fully saturated rings. The maximum Gasteiger partial charge on any atom is 0.267 e. The first-order valence-electron chi connectivity index (χ1n) is 15.8. The third-order valence-electron chi connectivity index (χ3n) is 8.33. The van der Waals surface area contributed by atoms with Crippen LogP contribution in [-0.2, 0) is 31.8 Å². The second-order valence-corrected chi connectivity index (χ2v) is 16.0. The molecule has 1 aromatic carbocycles. The van der Waals surface area contributed by atoms with E-state index in [4.69, 9.17) is 14.0 Å². The van der Waals surface area contributed by atoms with Gasteiger partial charge < -0.3 is 28.6 Å². The minimum absolute atomic E-state index is 0.000653. The van der Waals surface area contributed by atoms with Crippen LogP contribution in [0.25, 0.3) is 0 Å². The van der Waals surface area contributed by atoms with Crippen molar-refractivity contribution in [2.24, 2.45) is 13.0 Å². The number of aromatic nitrogens is 3. The van der Waals surface area contributed by atoms with Crippen molar-refractivity contribution < 1.29 is 40.7 Å². The van der Waals surface area contributed by atoms with Gasteiger partial charge in [0.05, 0.1) is 36.7 Å². The molecule has 4 rings (SSSR count). The number of ether oxygens (including phenoxy) is 2. The topological polar surface area (TPSA) is 186 Å². The van der Waals surface area contributed by atoms with Gasteiger partial charge in [-0.3, -0.25) is 9.52 Å². The van der Waals surface area contributed by atoms with E-state index in [-0.39, 0.29) is 64.2 Å². The Labute approximate surface area is 282 Å². The van der Waals surface area contributed by atoms with Gasteiger partial charge in [0.15, 0.2) is 15.7 Å². The van der Waals surface area contributed by atoms with Crippen LogP contribution in [0.2, 0.25) is 0 Å². The highest BCUT2D eigenvalue weighted by molar-refractivity contribution is 7.92. The van der Waals surface area contributed by atoms with E-state index < -0.39 is 44.0 Å². The Balaban J connectivity index is 1.69. The molecule has 1 aliphatic rings. The quantitative estimate of drug-likeness (QED) is 0.333. The number of hydrogen-bond donors (Lipinski definition) is 2. The Hall–Kier alpha value is -3.51. The van der Waals surface area contributed by atoms with Gasteiger partial charge in [-0.25, -0.2) is 21.8 Å². The number of rotatable bonds is 9. The number of carbonyl (C=O) groups is 1. The number of aliphatic hydroxyl groups is 1. The number of likely N-dealkylation sites (N-methyl/N-ethyl adjacent to an activating group) is 1. The maximum atomic E-state index is 14.4. The number of imidazole rings is 1. The summed E-state index contributed by atoms with van der Waals surface area (Å²) in [6.07, 6.45) is 4.02. The molecule has 2 N–H and O–H groups in total. The van der Waals surface area contributed by atoms with Crippen LogP contribution in [0, 0.1) is 19.8 Å². The van der Waals surface area contributed by atoms with Gasteiger partial charge in [0.25, 0.3) is 26.0 Å². The van der Waals surface area contributed by atoms with E-state index in [2.05, 4.69) is 14.9 Å². The molecule has 0 bridgehead atoms. The highest BCUT2D eigenvalue weighted by Crippen LogP contribution is 2.30. The largest absolute Gasteiger partial charge is 0.490 e. The molecule has 4 atom stereocenters. The minimum Gasteiger partial charge on any atom is -0.490 e. The first-order chi connectivity index (χ1) is 22.5. The lowest BCUT2D eigenvalue weighted by Crippen LogP contribution is -2.48. The summed E-state index contributed by atoms with van der Waals surface area (Å²) in [5.41, 5.74) is 0.406. The number of aliphatic hydroxyl groups excluding tert-OH is 1. The standard InChI is InChI=1S/C31H46N6O9S2/c1-20-15-37(21(2)18-38)31(39)26-14-25(34-47(40,41)30-23(4)33-46-24(30)5)11-12-27(26)45-22(3)10-8-9-13-44-28(20)16-36(7)48(42,43)29-17-35(6)19-32-29/h11-12,14,17,19-22,28,34,38H,8-10,13,15-16,18H2,1-7H3/t20-,21-,22-,28+/m0/s1. The smallest absolute Gasteiger partial charge is 0.267 e. The van der Waals surface area contributed by atoms with Crippen LogP contribution in [0.4, 0.5) is 5.69 Å². The Morgan fingerprint density at radius 3 is 2.52 bits per heavy atom. The maximum absolute atomic E-state index is 14.4. The first kappa shape index (κ1) is 37.3. The van der Waals surface area contributed by atoms with Crippen LogP contribution in [-0.4, -0.2) is 103 Å². The van der Waals surface area contributed by atoms with Gasteiger partial charge in [-0.05, 0) is 65.2 Å². The molecule has 0 saturated heterocycles. The third-order valence-corrected chi connectivity index (χ3v) is 11.7. The van der Waals surface area contributed by atoms with Crippen LogP contribution in [0.3, 0.4) is 0 Å². The molecule has 0 spiro atoms. The van der Waals surface area contributed by atoms with Crippen LogP contribution in [0.5, 0.6) is 5.75 Å². The number of anilines is 1. The fraction of sp³-hybridized carbons (Fsp3) is 0.581. The molecule has 0 saturated carbocycles. The molecule has 0 aliphatic carbocycles. The van der Waals surface area contributed by atoms with Crippen molar-refractivity contribution in [2.45, 2.75) is 82.1 Å². The summed E-state index contributed by atoms with van der Waals surface area (Å²) in [5, 5.41) is 13.9. The molecular formula is C31H46N6O9S2. The van der Waals surface area contributed by atoms with Crippen LogP contribution in [0.1, 0.15) is 61.8 Å². The predicted molar refractivity (Wildman–Crippen MR) is 177 cm³/mol. The monoisotopic (exact) mass is 710 g/mol. The Kier molecular flexibility index (Phi) is 11.9. The van der Waals surface area contributed by atoms with Crippen molar-refractivity contribution in [2.75, 3.05) is 38.1 Å². The molecule has 2 aromatic heterocycles. The zero-order valence-corrected chi connectivity index (χ0v) is 30.0. The number of sulfonamides is 2. The van der Waals surface area contributed by atoms with E-state index in [0.29, 0.717) is 19.4 Å². The van der Waals surface area contributed by atoms with E-state index in [1.807, 2.05) is 13.8 Å². The van der Waals surface area contributed by atoms with Gasteiger partial charge in [-0.2, -0.15) is 4.31 Å². The predicted octanol–water partition coefficient (Wildman–Crippen LogP) is 2.94. The van der Waals surface area contributed by atoms with Crippen molar-refractivity contribution in [3.8, 4) is 5.75 Å². The molecule has 0 radical (unpaired) electrons. The lowest BCUT2D eigenvalue weighted by molar-refractivity contribution is -0.00835. The van der Waals surface area contributed by atoms with Gasteiger partial charge in [0.2, 0.25) is 0 Å². The van der Waals surface area contributed by atoms with E-state index in [9.17, 15) is 26.7 Å². The molecule has 266 valence electrons. The summed E-state index contributed by atoms with van der Waals surface area (Å²) < 4.78 is 76.0. The van der Waals surface area contributed by atoms with Crippen molar-refractivity contribution in [3.63, 3.8) is 0 Å². The first-order valence-corrected chi connectivity index (χ1v) is 18.7. The number of amides is 1. The molecular weight excluding hydrogens is 665 g/mol. The third kappa shape index (κ3) is 8.55. The van der Waals surface area contributed by atoms with Gasteiger partial charge in [-0.1, -0.05) is 12.1 Å². The molecule has 48 heavy (non-hydrogen) atoms. The lowest BCUT2D eigenvalue weighted by atomic mass is 10.0. The summed E-state index contributed by atoms with van der Waals surface area (Å²) in [6.45, 7) is 8.54. The van der Waals surface area contributed by atoms with E-state index in [1.165, 1.54) is 54.8 Å². The number of carbonyl (C=O) groups excluding carboxylic acids is 1. The summed E-state index contributed by atoms with van der Waals surface area (Å²) in [4.78, 5) is 19.8. The van der Waals surface area contributed by atoms with Crippen LogP contribution >= 0.6 is 0 Å². The van der Waals surface area contributed by atoms with Gasteiger partial charge in [-0.15, -0.1) is 0 Å². The Bertz CT molecular complexity index is 1770. The van der Waals surface area contributed by atoms with Gasteiger partial charge in [0, 0.05) is 51.6 Å². The van der Waals surface area contributed by atoms with Gasteiger partial charge in [0.1, 0.15) is 11.4 Å². The fourth-order valence-corrected chi connectivity index (χ4v) is 8.07. The number of benzene rings is 1.